The van der Waals surface area contributed by atoms with Crippen LogP contribution in [-0.2, 0) is 14.8 Å². The van der Waals surface area contributed by atoms with Gasteiger partial charge >= 0.3 is 0 Å². The standard InChI is InChI=1S/C21H24N4O5S/c1-2-29-17-5-3-16(4-6-17)23-21(26)15-10-13-25(14-11-15)31(27,28)20-8-7-19(30-20)18-9-12-22-24-18/h3-9,12,15H,2,10-11,13-14H2,1H3,(H,22,24)(H,23,26). The molecule has 0 radical (unpaired) electrons. The molecule has 2 aromatic heterocycles. The molecule has 1 aromatic carbocycles. The molecule has 1 saturated heterocycles. The zero-order valence-corrected chi connectivity index (χ0v) is 17.9. The lowest BCUT2D eigenvalue weighted by molar-refractivity contribution is -0.120. The van der Waals surface area contributed by atoms with Gasteiger partial charge in [-0.1, -0.05) is 0 Å². The number of furan rings is 1. The lowest BCUT2D eigenvalue weighted by Crippen LogP contribution is -2.41. The molecule has 1 aliphatic heterocycles. The number of carbonyl (C=O) groups is 1. The van der Waals surface area contributed by atoms with Crippen molar-refractivity contribution in [3.8, 4) is 17.2 Å². The average molecular weight is 445 g/mol. The fraction of sp³-hybridized carbons (Fsp3) is 0.333. The molecule has 31 heavy (non-hydrogen) atoms. The molecular formula is C21H24N4O5S. The van der Waals surface area contributed by atoms with Crippen molar-refractivity contribution in [3.63, 3.8) is 0 Å². The summed E-state index contributed by atoms with van der Waals surface area (Å²) in [5.74, 6) is 0.782. The van der Waals surface area contributed by atoms with Crippen LogP contribution in [0.15, 0.2) is 58.2 Å². The zero-order valence-electron chi connectivity index (χ0n) is 17.1. The number of piperidine rings is 1. The van der Waals surface area contributed by atoms with Gasteiger partial charge in [0, 0.05) is 30.9 Å². The van der Waals surface area contributed by atoms with Crippen LogP contribution in [0.3, 0.4) is 0 Å². The summed E-state index contributed by atoms with van der Waals surface area (Å²) < 4.78 is 38.1. The van der Waals surface area contributed by atoms with Gasteiger partial charge in [-0.15, -0.1) is 0 Å². The summed E-state index contributed by atoms with van der Waals surface area (Å²) in [5.41, 5.74) is 1.29. The summed E-state index contributed by atoms with van der Waals surface area (Å²) >= 11 is 0. The Hall–Kier alpha value is -3.11. The number of rotatable bonds is 7. The average Bonchev–Trinajstić information content (AvgIpc) is 3.48. The Balaban J connectivity index is 1.35. The first-order valence-electron chi connectivity index (χ1n) is 10.1. The van der Waals surface area contributed by atoms with Crippen LogP contribution in [0, 0.1) is 5.92 Å². The van der Waals surface area contributed by atoms with Gasteiger partial charge in [-0.05, 0) is 62.2 Å². The summed E-state index contributed by atoms with van der Waals surface area (Å²) in [5, 5.41) is 9.36. The number of carbonyl (C=O) groups excluding carboxylic acids is 1. The third-order valence-corrected chi connectivity index (χ3v) is 6.97. The van der Waals surface area contributed by atoms with E-state index in [9.17, 15) is 13.2 Å². The minimum absolute atomic E-state index is 0.110. The first-order chi connectivity index (χ1) is 15.0. The minimum atomic E-state index is -3.76. The van der Waals surface area contributed by atoms with Gasteiger partial charge in [0.25, 0.3) is 10.0 Å². The molecule has 0 aliphatic carbocycles. The van der Waals surface area contributed by atoms with Crippen molar-refractivity contribution in [2.45, 2.75) is 24.9 Å². The fourth-order valence-corrected chi connectivity index (χ4v) is 4.91. The molecule has 2 N–H and O–H groups in total. The molecule has 1 aliphatic rings. The minimum Gasteiger partial charge on any atom is -0.494 e. The highest BCUT2D eigenvalue weighted by molar-refractivity contribution is 7.89. The van der Waals surface area contributed by atoms with Crippen LogP contribution in [-0.4, -0.2) is 48.5 Å². The maximum atomic E-state index is 12.9. The number of hydrogen-bond donors (Lipinski definition) is 2. The molecule has 1 amide bonds. The van der Waals surface area contributed by atoms with Gasteiger partial charge in [0.05, 0.1) is 6.61 Å². The molecule has 3 heterocycles. The van der Waals surface area contributed by atoms with E-state index >= 15 is 0 Å². The number of H-pyrrole nitrogens is 1. The molecule has 0 spiro atoms. The second-order valence-electron chi connectivity index (χ2n) is 7.21. The second kappa shape index (κ2) is 8.94. The van der Waals surface area contributed by atoms with Crippen molar-refractivity contribution in [3.05, 3.63) is 48.7 Å². The smallest absolute Gasteiger partial charge is 0.276 e. The van der Waals surface area contributed by atoms with Gasteiger partial charge in [-0.2, -0.15) is 9.40 Å². The molecule has 0 unspecified atom stereocenters. The molecule has 9 nitrogen and oxygen atoms in total. The molecule has 10 heteroatoms. The summed E-state index contributed by atoms with van der Waals surface area (Å²) in [6.07, 6.45) is 2.45. The van der Waals surface area contributed by atoms with Crippen LogP contribution >= 0.6 is 0 Å². The number of ether oxygens (including phenoxy) is 1. The van der Waals surface area contributed by atoms with E-state index in [-0.39, 0.29) is 30.0 Å². The largest absolute Gasteiger partial charge is 0.494 e. The van der Waals surface area contributed by atoms with E-state index in [1.54, 1.807) is 42.6 Å². The molecule has 4 rings (SSSR count). The van der Waals surface area contributed by atoms with E-state index in [0.717, 1.165) is 5.75 Å². The maximum absolute atomic E-state index is 12.9. The Morgan fingerprint density at radius 1 is 1.19 bits per heavy atom. The number of nitrogens with zero attached hydrogens (tertiary/aromatic N) is 2. The highest BCUT2D eigenvalue weighted by Gasteiger charge is 2.34. The Labute approximate surface area is 180 Å². The van der Waals surface area contributed by atoms with Crippen molar-refractivity contribution in [1.82, 2.24) is 14.5 Å². The number of aromatic nitrogens is 2. The summed E-state index contributed by atoms with van der Waals surface area (Å²) in [6, 6.07) is 11.9. The highest BCUT2D eigenvalue weighted by Crippen LogP contribution is 2.28. The van der Waals surface area contributed by atoms with Crippen LogP contribution in [0.4, 0.5) is 5.69 Å². The lowest BCUT2D eigenvalue weighted by atomic mass is 9.97. The van der Waals surface area contributed by atoms with Crippen LogP contribution in [0.2, 0.25) is 0 Å². The van der Waals surface area contributed by atoms with E-state index < -0.39 is 10.0 Å². The Kier molecular flexibility index (Phi) is 6.10. The van der Waals surface area contributed by atoms with Gasteiger partial charge in [0.2, 0.25) is 11.0 Å². The molecule has 0 saturated carbocycles. The number of sulfonamides is 1. The van der Waals surface area contributed by atoms with Crippen molar-refractivity contribution in [2.24, 2.45) is 5.92 Å². The van der Waals surface area contributed by atoms with E-state index in [1.807, 2.05) is 6.92 Å². The molecule has 3 aromatic rings. The first-order valence-corrected chi connectivity index (χ1v) is 11.5. The van der Waals surface area contributed by atoms with E-state index in [0.29, 0.717) is 36.6 Å². The third kappa shape index (κ3) is 4.64. The molecule has 164 valence electrons. The number of nitrogens with one attached hydrogen (secondary N) is 2. The Morgan fingerprint density at radius 2 is 1.94 bits per heavy atom. The van der Waals surface area contributed by atoms with Crippen LogP contribution in [0.25, 0.3) is 11.5 Å². The molecule has 1 fully saturated rings. The Morgan fingerprint density at radius 3 is 2.58 bits per heavy atom. The number of aromatic amines is 1. The van der Waals surface area contributed by atoms with Crippen molar-refractivity contribution in [2.75, 3.05) is 25.0 Å². The fourth-order valence-electron chi connectivity index (χ4n) is 3.53. The number of benzene rings is 1. The zero-order chi connectivity index (χ0) is 21.8. The van der Waals surface area contributed by atoms with Gasteiger partial charge in [-0.3, -0.25) is 9.89 Å². The van der Waals surface area contributed by atoms with Crippen LogP contribution in [0.5, 0.6) is 5.75 Å². The van der Waals surface area contributed by atoms with Gasteiger partial charge in [0.1, 0.15) is 11.4 Å². The van der Waals surface area contributed by atoms with E-state index in [1.165, 1.54) is 10.4 Å². The number of amides is 1. The van der Waals surface area contributed by atoms with Crippen molar-refractivity contribution >= 4 is 21.6 Å². The monoisotopic (exact) mass is 444 g/mol. The maximum Gasteiger partial charge on any atom is 0.276 e. The van der Waals surface area contributed by atoms with E-state index in [2.05, 4.69) is 15.5 Å². The van der Waals surface area contributed by atoms with Crippen LogP contribution < -0.4 is 10.1 Å². The van der Waals surface area contributed by atoms with Crippen LogP contribution in [0.1, 0.15) is 19.8 Å². The number of hydrogen-bond acceptors (Lipinski definition) is 6. The normalized spacial score (nSPS) is 15.6. The quantitative estimate of drug-likeness (QED) is 0.578. The molecule has 0 atom stereocenters. The third-order valence-electron chi connectivity index (χ3n) is 5.20. The molecule has 0 bridgehead atoms. The summed E-state index contributed by atoms with van der Waals surface area (Å²) in [6.45, 7) is 3.00. The highest BCUT2D eigenvalue weighted by atomic mass is 32.2. The Bertz CT molecular complexity index is 1110. The number of anilines is 1. The lowest BCUT2D eigenvalue weighted by Gasteiger charge is -2.29. The topological polar surface area (TPSA) is 118 Å². The molecular weight excluding hydrogens is 420 g/mol. The summed E-state index contributed by atoms with van der Waals surface area (Å²) in [7, 11) is -3.76. The van der Waals surface area contributed by atoms with Crippen molar-refractivity contribution < 1.29 is 22.4 Å². The van der Waals surface area contributed by atoms with Gasteiger partial charge in [-0.25, -0.2) is 8.42 Å². The first kappa shape index (κ1) is 21.1. The predicted molar refractivity (Wildman–Crippen MR) is 114 cm³/mol. The van der Waals surface area contributed by atoms with Crippen molar-refractivity contribution in [1.29, 1.82) is 0 Å². The second-order valence-corrected chi connectivity index (χ2v) is 9.08. The predicted octanol–water partition coefficient (Wildman–Crippen LogP) is 3.11. The SMILES string of the molecule is CCOc1ccc(NC(=O)C2CCN(S(=O)(=O)c3ccc(-c4ccn[nH]4)o3)CC2)cc1. The van der Waals surface area contributed by atoms with Gasteiger partial charge in [0.15, 0.2) is 5.76 Å². The van der Waals surface area contributed by atoms with Gasteiger partial charge < -0.3 is 14.5 Å². The van der Waals surface area contributed by atoms with E-state index in [4.69, 9.17) is 9.15 Å². The summed E-state index contributed by atoms with van der Waals surface area (Å²) in [4.78, 5) is 12.6.